The minimum Gasteiger partial charge on any atom is -0.237 e. The number of alkyl halides is 1. The average Bonchev–Trinajstić information content (AvgIpc) is 3.08. The van der Waals surface area contributed by atoms with E-state index in [1.165, 1.54) is 35.3 Å². The highest BCUT2D eigenvalue weighted by Gasteiger charge is 2.30. The molecule has 0 spiro atoms. The Labute approximate surface area is 110 Å². The number of benzene rings is 1. The zero-order valence-corrected chi connectivity index (χ0v) is 11.4. The summed E-state index contributed by atoms with van der Waals surface area (Å²) in [6, 6.07) is 8.53. The van der Waals surface area contributed by atoms with Crippen molar-refractivity contribution >= 4 is 15.9 Å². The molecule has 1 saturated carbocycles. The van der Waals surface area contributed by atoms with Gasteiger partial charge in [0.05, 0.1) is 17.6 Å². The molecular formula is C14H15BrN2. The Bertz CT molecular complexity index is 541. The first-order valence-corrected chi connectivity index (χ1v) is 7.11. The molecule has 3 rings (SSSR count). The monoisotopic (exact) mass is 290 g/mol. The molecule has 3 heteroatoms. The molecule has 0 saturated heterocycles. The molecule has 2 nitrogen and oxygen atoms in total. The Morgan fingerprint density at radius 1 is 1.41 bits per heavy atom. The molecule has 1 aromatic heterocycles. The number of hydrogen-bond donors (Lipinski definition) is 0. The lowest BCUT2D eigenvalue weighted by atomic mass is 10.2. The summed E-state index contributed by atoms with van der Waals surface area (Å²) in [5, 5.41) is 5.44. The number of aromatic nitrogens is 2. The first-order valence-electron chi connectivity index (χ1n) is 5.99. The van der Waals surface area contributed by atoms with Gasteiger partial charge >= 0.3 is 0 Å². The van der Waals surface area contributed by atoms with Crippen LogP contribution in [-0.4, -0.2) is 9.78 Å². The molecule has 1 aliphatic rings. The second kappa shape index (κ2) is 4.30. The van der Waals surface area contributed by atoms with Gasteiger partial charge < -0.3 is 0 Å². The van der Waals surface area contributed by atoms with E-state index in [9.17, 15) is 0 Å². The number of aryl methyl sites for hydroxylation is 1. The van der Waals surface area contributed by atoms with E-state index in [1.54, 1.807) is 0 Å². The molecule has 1 heterocycles. The highest BCUT2D eigenvalue weighted by atomic mass is 79.9. The summed E-state index contributed by atoms with van der Waals surface area (Å²) in [6.45, 7) is 2.12. The maximum absolute atomic E-state index is 4.55. The third-order valence-electron chi connectivity index (χ3n) is 3.24. The van der Waals surface area contributed by atoms with Crippen molar-refractivity contribution in [1.82, 2.24) is 9.78 Å². The topological polar surface area (TPSA) is 17.8 Å². The van der Waals surface area contributed by atoms with Crippen molar-refractivity contribution in [3.05, 3.63) is 47.3 Å². The van der Waals surface area contributed by atoms with Crippen LogP contribution in [0, 0.1) is 6.92 Å². The molecule has 0 atom stereocenters. The predicted octanol–water partition coefficient (Wildman–Crippen LogP) is 3.95. The third-order valence-corrected chi connectivity index (χ3v) is 3.84. The summed E-state index contributed by atoms with van der Waals surface area (Å²) >= 11 is 3.55. The van der Waals surface area contributed by atoms with E-state index in [0.717, 1.165) is 5.33 Å². The summed E-state index contributed by atoms with van der Waals surface area (Å²) < 4.78 is 2.11. The van der Waals surface area contributed by atoms with Gasteiger partial charge in [0.15, 0.2) is 0 Å². The van der Waals surface area contributed by atoms with Crippen LogP contribution in [0.3, 0.4) is 0 Å². The lowest BCUT2D eigenvalue weighted by molar-refractivity contribution is 0.804. The number of hydrogen-bond acceptors (Lipinski definition) is 1. The molecule has 1 aromatic carbocycles. The first kappa shape index (κ1) is 11.0. The van der Waals surface area contributed by atoms with Gasteiger partial charge in [0.1, 0.15) is 0 Å². The highest BCUT2D eigenvalue weighted by Crippen LogP contribution is 2.42. The van der Waals surface area contributed by atoms with Crippen molar-refractivity contribution < 1.29 is 0 Å². The van der Waals surface area contributed by atoms with Crippen LogP contribution in [0.5, 0.6) is 0 Å². The van der Waals surface area contributed by atoms with E-state index in [0.29, 0.717) is 5.92 Å². The van der Waals surface area contributed by atoms with Crippen LogP contribution in [0.2, 0.25) is 0 Å². The molecular weight excluding hydrogens is 276 g/mol. The van der Waals surface area contributed by atoms with Crippen molar-refractivity contribution in [2.45, 2.75) is 31.0 Å². The van der Waals surface area contributed by atoms with Gasteiger partial charge in [-0.1, -0.05) is 28.1 Å². The van der Waals surface area contributed by atoms with E-state index in [-0.39, 0.29) is 0 Å². The summed E-state index contributed by atoms with van der Waals surface area (Å²) in [5.41, 5.74) is 5.18. The standard InChI is InChI=1S/C14H15BrN2/c1-10-3-2-4-13(7-10)17-14(11-5-6-11)12(8-15)9-16-17/h2-4,7,9,11H,5-6,8H2,1H3. The molecule has 0 bridgehead atoms. The fourth-order valence-electron chi connectivity index (χ4n) is 2.25. The lowest BCUT2D eigenvalue weighted by Gasteiger charge is -2.08. The lowest BCUT2D eigenvalue weighted by Crippen LogP contribution is -2.02. The molecule has 0 aliphatic heterocycles. The number of rotatable bonds is 3. The molecule has 1 fully saturated rings. The largest absolute Gasteiger partial charge is 0.237 e. The van der Waals surface area contributed by atoms with Crippen LogP contribution in [0.25, 0.3) is 5.69 Å². The zero-order chi connectivity index (χ0) is 11.8. The molecule has 0 amide bonds. The Morgan fingerprint density at radius 2 is 2.24 bits per heavy atom. The maximum Gasteiger partial charge on any atom is 0.0651 e. The number of halogens is 1. The van der Waals surface area contributed by atoms with E-state index in [4.69, 9.17) is 0 Å². The minimum atomic E-state index is 0.713. The smallest absolute Gasteiger partial charge is 0.0651 e. The SMILES string of the molecule is Cc1cccc(-n2ncc(CBr)c2C2CC2)c1. The Morgan fingerprint density at radius 3 is 2.88 bits per heavy atom. The first-order chi connectivity index (χ1) is 8.29. The fraction of sp³-hybridized carbons (Fsp3) is 0.357. The molecule has 0 unspecified atom stereocenters. The van der Waals surface area contributed by atoms with E-state index in [1.807, 2.05) is 6.20 Å². The number of nitrogens with zero attached hydrogens (tertiary/aromatic N) is 2. The van der Waals surface area contributed by atoms with Gasteiger partial charge in [-0.2, -0.15) is 5.10 Å². The molecule has 88 valence electrons. The molecule has 17 heavy (non-hydrogen) atoms. The van der Waals surface area contributed by atoms with Gasteiger partial charge in [0.25, 0.3) is 0 Å². The summed E-state index contributed by atoms with van der Waals surface area (Å²) in [5.74, 6) is 0.713. The van der Waals surface area contributed by atoms with Crippen LogP contribution in [0.4, 0.5) is 0 Å². The quantitative estimate of drug-likeness (QED) is 0.783. The van der Waals surface area contributed by atoms with Crippen LogP contribution < -0.4 is 0 Å². The Hall–Kier alpha value is -1.09. The fourth-order valence-corrected chi connectivity index (χ4v) is 2.68. The van der Waals surface area contributed by atoms with Crippen molar-refractivity contribution in [1.29, 1.82) is 0 Å². The second-order valence-corrected chi connectivity index (χ2v) is 5.27. The van der Waals surface area contributed by atoms with E-state index in [2.05, 4.69) is 56.9 Å². The maximum atomic E-state index is 4.55. The van der Waals surface area contributed by atoms with Gasteiger partial charge in [-0.3, -0.25) is 0 Å². The van der Waals surface area contributed by atoms with E-state index >= 15 is 0 Å². The van der Waals surface area contributed by atoms with Crippen LogP contribution in [0.1, 0.15) is 35.6 Å². The molecule has 0 radical (unpaired) electrons. The summed E-state index contributed by atoms with van der Waals surface area (Å²) in [6.07, 6.45) is 4.60. The van der Waals surface area contributed by atoms with Gasteiger partial charge in [-0.15, -0.1) is 0 Å². The predicted molar refractivity (Wildman–Crippen MR) is 72.9 cm³/mol. The minimum absolute atomic E-state index is 0.713. The Balaban J connectivity index is 2.11. The van der Waals surface area contributed by atoms with Gasteiger partial charge in [0.2, 0.25) is 0 Å². The second-order valence-electron chi connectivity index (χ2n) is 4.71. The van der Waals surface area contributed by atoms with Crippen LogP contribution in [-0.2, 0) is 5.33 Å². The van der Waals surface area contributed by atoms with Crippen molar-refractivity contribution in [2.75, 3.05) is 0 Å². The summed E-state index contributed by atoms with van der Waals surface area (Å²) in [7, 11) is 0. The van der Waals surface area contributed by atoms with Crippen LogP contribution >= 0.6 is 15.9 Å². The van der Waals surface area contributed by atoms with E-state index < -0.39 is 0 Å². The zero-order valence-electron chi connectivity index (χ0n) is 9.86. The normalized spacial score (nSPS) is 15.2. The van der Waals surface area contributed by atoms with Crippen LogP contribution in [0.15, 0.2) is 30.5 Å². The average molecular weight is 291 g/mol. The van der Waals surface area contributed by atoms with Crippen molar-refractivity contribution in [3.63, 3.8) is 0 Å². The molecule has 2 aromatic rings. The van der Waals surface area contributed by atoms with Gasteiger partial charge in [-0.05, 0) is 37.5 Å². The van der Waals surface area contributed by atoms with Crippen molar-refractivity contribution in [3.8, 4) is 5.69 Å². The van der Waals surface area contributed by atoms with Crippen molar-refractivity contribution in [2.24, 2.45) is 0 Å². The Kier molecular flexibility index (Phi) is 2.79. The highest BCUT2D eigenvalue weighted by molar-refractivity contribution is 9.08. The molecule has 0 N–H and O–H groups in total. The van der Waals surface area contributed by atoms with Gasteiger partial charge in [-0.25, -0.2) is 4.68 Å². The van der Waals surface area contributed by atoms with Gasteiger partial charge in [0, 0.05) is 16.8 Å². The third kappa shape index (κ3) is 2.04. The molecule has 1 aliphatic carbocycles. The summed E-state index contributed by atoms with van der Waals surface area (Å²) in [4.78, 5) is 0.